The molecule has 0 radical (unpaired) electrons. The average Bonchev–Trinajstić information content (AvgIpc) is 2.34. The number of nitrogens with two attached hydrogens (primary N) is 1. The van der Waals surface area contributed by atoms with E-state index in [0.29, 0.717) is 6.54 Å². The molecule has 0 bridgehead atoms. The van der Waals surface area contributed by atoms with Crippen molar-refractivity contribution in [3.63, 3.8) is 0 Å². The average molecular weight is 304 g/mol. The third-order valence-corrected chi connectivity index (χ3v) is 3.80. The number of aliphatic carboxylic acids is 1. The van der Waals surface area contributed by atoms with E-state index >= 15 is 0 Å². The van der Waals surface area contributed by atoms with Crippen molar-refractivity contribution in [3.8, 4) is 0 Å². The standard InChI is InChI=1S/C12H17FN2O4S/c1-3-15(7-8(2)12(16)17)11-5-4-9(6-10(11)13)20(14,18)19/h4-6,8H,3,7H2,1-2H3,(H,16,17)(H2,14,18,19). The minimum Gasteiger partial charge on any atom is -0.481 e. The number of benzene rings is 1. The lowest BCUT2D eigenvalue weighted by molar-refractivity contribution is -0.140. The van der Waals surface area contributed by atoms with Crippen molar-refractivity contribution in [2.75, 3.05) is 18.0 Å². The monoisotopic (exact) mass is 304 g/mol. The molecule has 0 heterocycles. The molecule has 0 saturated heterocycles. The number of carboxylic acid groups (broad SMARTS) is 1. The van der Waals surface area contributed by atoms with E-state index in [9.17, 15) is 17.6 Å². The lowest BCUT2D eigenvalue weighted by Crippen LogP contribution is -2.32. The molecule has 6 nitrogen and oxygen atoms in total. The highest BCUT2D eigenvalue weighted by Crippen LogP contribution is 2.23. The number of nitrogens with zero attached hydrogens (tertiary/aromatic N) is 1. The van der Waals surface area contributed by atoms with Crippen LogP contribution in [-0.2, 0) is 14.8 Å². The number of halogens is 1. The van der Waals surface area contributed by atoms with Gasteiger partial charge in [-0.15, -0.1) is 0 Å². The van der Waals surface area contributed by atoms with Gasteiger partial charge in [0.15, 0.2) is 0 Å². The van der Waals surface area contributed by atoms with Gasteiger partial charge in [0.1, 0.15) is 5.82 Å². The van der Waals surface area contributed by atoms with E-state index < -0.39 is 27.7 Å². The molecule has 1 atom stereocenters. The summed E-state index contributed by atoms with van der Waals surface area (Å²) in [5.74, 6) is -2.41. The summed E-state index contributed by atoms with van der Waals surface area (Å²) in [4.78, 5) is 12.0. The second-order valence-electron chi connectivity index (χ2n) is 4.44. The van der Waals surface area contributed by atoms with E-state index in [2.05, 4.69) is 0 Å². The molecule has 0 aliphatic heterocycles. The van der Waals surface area contributed by atoms with Crippen LogP contribution < -0.4 is 10.0 Å². The van der Waals surface area contributed by atoms with Crippen LogP contribution >= 0.6 is 0 Å². The second kappa shape index (κ2) is 6.19. The van der Waals surface area contributed by atoms with Gasteiger partial charge in [-0.2, -0.15) is 0 Å². The van der Waals surface area contributed by atoms with E-state index in [1.165, 1.54) is 24.0 Å². The second-order valence-corrected chi connectivity index (χ2v) is 6.00. The van der Waals surface area contributed by atoms with Crippen molar-refractivity contribution >= 4 is 21.7 Å². The Morgan fingerprint density at radius 1 is 1.50 bits per heavy atom. The fourth-order valence-electron chi connectivity index (χ4n) is 1.73. The van der Waals surface area contributed by atoms with Crippen LogP contribution in [-0.4, -0.2) is 32.6 Å². The van der Waals surface area contributed by atoms with Crippen molar-refractivity contribution in [2.24, 2.45) is 11.1 Å². The van der Waals surface area contributed by atoms with E-state index in [1.54, 1.807) is 6.92 Å². The maximum absolute atomic E-state index is 14.0. The van der Waals surface area contributed by atoms with Crippen molar-refractivity contribution < 1.29 is 22.7 Å². The molecule has 1 aromatic rings. The van der Waals surface area contributed by atoms with Gasteiger partial charge in [-0.05, 0) is 25.1 Å². The van der Waals surface area contributed by atoms with Crippen LogP contribution in [0, 0.1) is 11.7 Å². The molecule has 112 valence electrons. The van der Waals surface area contributed by atoms with Gasteiger partial charge >= 0.3 is 5.97 Å². The number of anilines is 1. The molecule has 0 fully saturated rings. The van der Waals surface area contributed by atoms with Crippen LogP contribution in [0.25, 0.3) is 0 Å². The largest absolute Gasteiger partial charge is 0.481 e. The zero-order valence-corrected chi connectivity index (χ0v) is 12.0. The smallest absolute Gasteiger partial charge is 0.308 e. The number of carboxylic acids is 1. The van der Waals surface area contributed by atoms with Gasteiger partial charge < -0.3 is 10.0 Å². The van der Waals surface area contributed by atoms with Crippen LogP contribution in [0.1, 0.15) is 13.8 Å². The quantitative estimate of drug-likeness (QED) is 0.817. The van der Waals surface area contributed by atoms with Crippen molar-refractivity contribution in [3.05, 3.63) is 24.0 Å². The molecule has 8 heteroatoms. The zero-order chi connectivity index (χ0) is 15.5. The van der Waals surface area contributed by atoms with Crippen LogP contribution in [0.4, 0.5) is 10.1 Å². The number of rotatable bonds is 6. The van der Waals surface area contributed by atoms with E-state index in [0.717, 1.165) is 6.07 Å². The van der Waals surface area contributed by atoms with Gasteiger partial charge in [0.25, 0.3) is 0 Å². The van der Waals surface area contributed by atoms with Gasteiger partial charge in [0.2, 0.25) is 10.0 Å². The van der Waals surface area contributed by atoms with E-state index in [-0.39, 0.29) is 17.1 Å². The highest BCUT2D eigenvalue weighted by Gasteiger charge is 2.19. The predicted octanol–water partition coefficient (Wildman–Crippen LogP) is 1.02. The van der Waals surface area contributed by atoms with Crippen molar-refractivity contribution in [2.45, 2.75) is 18.7 Å². The summed E-state index contributed by atoms with van der Waals surface area (Å²) < 4.78 is 36.2. The molecule has 0 saturated carbocycles. The molecule has 0 spiro atoms. The maximum Gasteiger partial charge on any atom is 0.308 e. The zero-order valence-electron chi connectivity index (χ0n) is 11.2. The molecular formula is C12H17FN2O4S. The number of sulfonamides is 1. The summed E-state index contributed by atoms with van der Waals surface area (Å²) in [6, 6.07) is 3.31. The van der Waals surface area contributed by atoms with Gasteiger partial charge in [-0.3, -0.25) is 4.79 Å². The normalized spacial score (nSPS) is 13.0. The number of primary sulfonamides is 1. The third kappa shape index (κ3) is 3.91. The summed E-state index contributed by atoms with van der Waals surface area (Å²) >= 11 is 0. The molecule has 1 aromatic carbocycles. The lowest BCUT2D eigenvalue weighted by atomic mass is 10.1. The SMILES string of the molecule is CCN(CC(C)C(=O)O)c1ccc(S(N)(=O)=O)cc1F. The molecule has 0 aromatic heterocycles. The van der Waals surface area contributed by atoms with Crippen LogP contribution in [0.3, 0.4) is 0 Å². The molecule has 0 aliphatic carbocycles. The van der Waals surface area contributed by atoms with Gasteiger partial charge in [0, 0.05) is 13.1 Å². The molecule has 1 rings (SSSR count). The fraction of sp³-hybridized carbons (Fsp3) is 0.417. The minimum atomic E-state index is -3.96. The topological polar surface area (TPSA) is 101 Å². The Balaban J connectivity index is 3.08. The first-order chi connectivity index (χ1) is 9.16. The molecule has 1 unspecified atom stereocenters. The Labute approximate surface area is 117 Å². The summed E-state index contributed by atoms with van der Waals surface area (Å²) in [6.07, 6.45) is 0. The van der Waals surface area contributed by atoms with Gasteiger partial charge in [-0.25, -0.2) is 17.9 Å². The van der Waals surface area contributed by atoms with Crippen LogP contribution in [0.15, 0.2) is 23.1 Å². The highest BCUT2D eigenvalue weighted by molar-refractivity contribution is 7.89. The first kappa shape index (κ1) is 16.4. The number of hydrogen-bond acceptors (Lipinski definition) is 4. The Hall–Kier alpha value is -1.67. The number of carbonyl (C=O) groups is 1. The number of hydrogen-bond donors (Lipinski definition) is 2. The summed E-state index contributed by atoms with van der Waals surface area (Å²) in [5, 5.41) is 13.8. The summed E-state index contributed by atoms with van der Waals surface area (Å²) in [5.41, 5.74) is 0.146. The van der Waals surface area contributed by atoms with E-state index in [4.69, 9.17) is 10.2 Å². The Morgan fingerprint density at radius 2 is 2.10 bits per heavy atom. The van der Waals surface area contributed by atoms with E-state index in [1.807, 2.05) is 0 Å². The Morgan fingerprint density at radius 3 is 2.50 bits per heavy atom. The van der Waals surface area contributed by atoms with Crippen LogP contribution in [0.2, 0.25) is 0 Å². The summed E-state index contributed by atoms with van der Waals surface area (Å²) in [7, 11) is -3.96. The minimum absolute atomic E-state index is 0.122. The first-order valence-electron chi connectivity index (χ1n) is 5.97. The van der Waals surface area contributed by atoms with Gasteiger partial charge in [-0.1, -0.05) is 6.92 Å². The predicted molar refractivity (Wildman–Crippen MR) is 72.5 cm³/mol. The summed E-state index contributed by atoms with van der Waals surface area (Å²) in [6.45, 7) is 3.78. The molecule has 20 heavy (non-hydrogen) atoms. The van der Waals surface area contributed by atoms with Crippen molar-refractivity contribution in [1.29, 1.82) is 0 Å². The Bertz CT molecular complexity index is 603. The van der Waals surface area contributed by atoms with Crippen LogP contribution in [0.5, 0.6) is 0 Å². The first-order valence-corrected chi connectivity index (χ1v) is 7.51. The van der Waals surface area contributed by atoms with Crippen molar-refractivity contribution in [1.82, 2.24) is 0 Å². The third-order valence-electron chi connectivity index (χ3n) is 2.89. The highest BCUT2D eigenvalue weighted by atomic mass is 32.2. The lowest BCUT2D eigenvalue weighted by Gasteiger charge is -2.25. The fourth-order valence-corrected chi connectivity index (χ4v) is 2.25. The molecule has 3 N–H and O–H groups in total. The maximum atomic E-state index is 14.0. The Kier molecular flexibility index (Phi) is 5.07. The molecule has 0 amide bonds. The molecular weight excluding hydrogens is 287 g/mol. The molecule has 0 aliphatic rings. The van der Waals surface area contributed by atoms with Gasteiger partial charge in [0.05, 0.1) is 16.5 Å².